The molecule has 0 radical (unpaired) electrons. The van der Waals surface area contributed by atoms with Gasteiger partial charge in [0.15, 0.2) is 8.32 Å². The molecule has 8 heteroatoms. The lowest BCUT2D eigenvalue weighted by Gasteiger charge is -2.34. The molecule has 0 bridgehead atoms. The van der Waals surface area contributed by atoms with E-state index < -0.39 is 33.0 Å². The molecule has 0 aliphatic heterocycles. The molecule has 0 saturated heterocycles. The Kier molecular flexibility index (Phi) is 12.9. The molecule has 0 amide bonds. The van der Waals surface area contributed by atoms with E-state index in [4.69, 9.17) is 18.0 Å². The van der Waals surface area contributed by atoms with Crippen LogP contribution in [0.4, 0.5) is 0 Å². The van der Waals surface area contributed by atoms with Crippen LogP contribution in [-0.4, -0.2) is 65.4 Å². The first-order chi connectivity index (χ1) is 10.7. The van der Waals surface area contributed by atoms with Crippen molar-refractivity contribution in [3.05, 3.63) is 0 Å². The van der Waals surface area contributed by atoms with E-state index in [2.05, 4.69) is 58.9 Å². The van der Waals surface area contributed by atoms with Crippen LogP contribution in [-0.2, 0) is 18.0 Å². The normalized spacial score (nSPS) is 15.6. The molecule has 0 aliphatic carbocycles. The van der Waals surface area contributed by atoms with E-state index in [1.165, 1.54) is 0 Å². The van der Waals surface area contributed by atoms with Crippen molar-refractivity contribution in [2.75, 3.05) is 32.4 Å². The van der Waals surface area contributed by atoms with E-state index in [9.17, 15) is 0 Å². The molecule has 4 nitrogen and oxygen atoms in total. The van der Waals surface area contributed by atoms with Crippen molar-refractivity contribution in [2.45, 2.75) is 78.8 Å². The standard InChI is InChI=1S/C16H42O4Si4.CH4/c1-17-12-11-13-24(10,16-18-22(5,6)7)20-15-23(8,9)19-14-21(2,3)4;/h11-16H2,1-10H3;1H4. The van der Waals surface area contributed by atoms with Gasteiger partial charge in [0.25, 0.3) is 0 Å². The monoisotopic (exact) mass is 426 g/mol. The van der Waals surface area contributed by atoms with Gasteiger partial charge in [-0.15, -0.1) is 0 Å². The average molecular weight is 427 g/mol. The Balaban J connectivity index is 0. The van der Waals surface area contributed by atoms with Crippen LogP contribution in [0.3, 0.4) is 0 Å². The molecule has 1 unspecified atom stereocenters. The molecule has 0 spiro atoms. The Morgan fingerprint density at radius 2 is 1.24 bits per heavy atom. The fourth-order valence-electron chi connectivity index (χ4n) is 1.95. The van der Waals surface area contributed by atoms with Gasteiger partial charge in [0.1, 0.15) is 0 Å². The van der Waals surface area contributed by atoms with Crippen LogP contribution in [0.5, 0.6) is 0 Å². The quantitative estimate of drug-likeness (QED) is 0.296. The van der Waals surface area contributed by atoms with Gasteiger partial charge in [0.2, 0.25) is 16.6 Å². The average Bonchev–Trinajstić information content (AvgIpc) is 2.41. The number of hydrogen-bond acceptors (Lipinski definition) is 4. The third-order valence-electron chi connectivity index (χ3n) is 3.53. The van der Waals surface area contributed by atoms with E-state index in [-0.39, 0.29) is 7.43 Å². The van der Waals surface area contributed by atoms with E-state index in [1.54, 1.807) is 7.11 Å². The summed E-state index contributed by atoms with van der Waals surface area (Å²) in [5.41, 5.74) is 0. The molecular formula is C17H46O4Si4. The Labute approximate surface area is 162 Å². The topological polar surface area (TPSA) is 36.9 Å². The number of ether oxygens (including phenoxy) is 1. The van der Waals surface area contributed by atoms with Crippen molar-refractivity contribution in [3.63, 3.8) is 0 Å². The zero-order valence-electron chi connectivity index (χ0n) is 17.9. The number of rotatable bonds is 13. The first-order valence-corrected chi connectivity index (χ1v) is 22.1. The summed E-state index contributed by atoms with van der Waals surface area (Å²) < 4.78 is 24.3. The summed E-state index contributed by atoms with van der Waals surface area (Å²) in [4.78, 5) is 0. The predicted molar refractivity (Wildman–Crippen MR) is 122 cm³/mol. The molecule has 0 aromatic rings. The molecule has 0 fully saturated rings. The van der Waals surface area contributed by atoms with Gasteiger partial charge in [0.05, 0.1) is 20.5 Å². The van der Waals surface area contributed by atoms with Crippen LogP contribution in [0.15, 0.2) is 0 Å². The summed E-state index contributed by atoms with van der Waals surface area (Å²) in [5.74, 6) is 0. The summed E-state index contributed by atoms with van der Waals surface area (Å²) in [6.45, 7) is 21.4. The molecule has 0 aromatic heterocycles. The third kappa shape index (κ3) is 16.6. The maximum atomic E-state index is 6.53. The predicted octanol–water partition coefficient (Wildman–Crippen LogP) is 5.28. The molecule has 1 atom stereocenters. The highest BCUT2D eigenvalue weighted by Gasteiger charge is 2.35. The Morgan fingerprint density at radius 1 is 0.680 bits per heavy atom. The van der Waals surface area contributed by atoms with E-state index in [0.29, 0.717) is 0 Å². The van der Waals surface area contributed by atoms with Crippen LogP contribution < -0.4 is 0 Å². The van der Waals surface area contributed by atoms with Gasteiger partial charge in [-0.2, -0.15) is 0 Å². The summed E-state index contributed by atoms with van der Waals surface area (Å²) in [6, 6.07) is 1.09. The maximum absolute atomic E-state index is 6.53. The fraction of sp³-hybridized carbons (Fsp3) is 1.00. The SMILES string of the molecule is C.COCCC[Si](C)(CO[Si](C)(C)C)OC[Si](C)(C)OC[Si](C)(C)C. The molecule has 0 N–H and O–H groups in total. The minimum Gasteiger partial charge on any atom is -0.418 e. The van der Waals surface area contributed by atoms with Gasteiger partial charge in [0, 0.05) is 19.9 Å². The van der Waals surface area contributed by atoms with Gasteiger partial charge >= 0.3 is 0 Å². The minimum atomic E-state index is -1.88. The summed E-state index contributed by atoms with van der Waals surface area (Å²) >= 11 is 0. The van der Waals surface area contributed by atoms with Gasteiger partial charge in [-0.1, -0.05) is 27.1 Å². The zero-order chi connectivity index (χ0) is 19.1. The first-order valence-electron chi connectivity index (χ1n) is 9.09. The minimum absolute atomic E-state index is 0. The highest BCUT2D eigenvalue weighted by atomic mass is 28.4. The van der Waals surface area contributed by atoms with Gasteiger partial charge < -0.3 is 18.0 Å². The van der Waals surface area contributed by atoms with E-state index in [1.807, 2.05) is 0 Å². The van der Waals surface area contributed by atoms with Crippen molar-refractivity contribution >= 4 is 33.0 Å². The lowest BCUT2D eigenvalue weighted by atomic mass is 10.5. The van der Waals surface area contributed by atoms with Crippen LogP contribution in [0, 0.1) is 0 Å². The smallest absolute Gasteiger partial charge is 0.213 e. The van der Waals surface area contributed by atoms with Crippen LogP contribution in [0.1, 0.15) is 13.8 Å². The second-order valence-corrected chi connectivity index (χ2v) is 27.8. The molecule has 0 rings (SSSR count). The van der Waals surface area contributed by atoms with Crippen molar-refractivity contribution in [3.8, 4) is 0 Å². The molecule has 0 aliphatic rings. The first kappa shape index (κ1) is 27.9. The van der Waals surface area contributed by atoms with Gasteiger partial charge in [-0.05, 0) is 51.7 Å². The van der Waals surface area contributed by atoms with Crippen LogP contribution in [0.2, 0.25) is 65.0 Å². The van der Waals surface area contributed by atoms with Crippen LogP contribution >= 0.6 is 0 Å². The zero-order valence-corrected chi connectivity index (χ0v) is 21.9. The Hall–Kier alpha value is 0.708. The van der Waals surface area contributed by atoms with Crippen molar-refractivity contribution in [1.82, 2.24) is 0 Å². The summed E-state index contributed by atoms with van der Waals surface area (Å²) in [5, 5.41) is 0. The molecule has 0 heterocycles. The summed E-state index contributed by atoms with van der Waals surface area (Å²) in [6.07, 6.45) is 3.56. The van der Waals surface area contributed by atoms with Crippen molar-refractivity contribution in [2.24, 2.45) is 0 Å². The molecule has 0 aromatic carbocycles. The second kappa shape index (κ2) is 11.5. The summed E-state index contributed by atoms with van der Waals surface area (Å²) in [7, 11) is -4.59. The fourth-order valence-corrected chi connectivity index (χ4v) is 12.3. The van der Waals surface area contributed by atoms with Crippen molar-refractivity contribution < 1.29 is 18.0 Å². The Bertz CT molecular complexity index is 354. The van der Waals surface area contributed by atoms with Gasteiger partial charge in [-0.25, -0.2) is 0 Å². The number of methoxy groups -OCH3 is 1. The molecule has 154 valence electrons. The maximum Gasteiger partial charge on any atom is 0.213 e. The van der Waals surface area contributed by atoms with Gasteiger partial charge in [-0.3, -0.25) is 0 Å². The lowest BCUT2D eigenvalue weighted by molar-refractivity contribution is 0.195. The third-order valence-corrected chi connectivity index (χ3v) is 11.2. The van der Waals surface area contributed by atoms with Crippen molar-refractivity contribution in [1.29, 1.82) is 0 Å². The molecule has 25 heavy (non-hydrogen) atoms. The largest absolute Gasteiger partial charge is 0.418 e. The highest BCUT2D eigenvalue weighted by molar-refractivity contribution is 6.79. The van der Waals surface area contributed by atoms with Crippen LogP contribution in [0.25, 0.3) is 0 Å². The highest BCUT2D eigenvalue weighted by Crippen LogP contribution is 2.20. The van der Waals surface area contributed by atoms with E-state index >= 15 is 0 Å². The Morgan fingerprint density at radius 3 is 1.68 bits per heavy atom. The molecular weight excluding hydrogens is 381 g/mol. The second-order valence-electron chi connectivity index (χ2n) is 9.85. The molecule has 0 saturated carbocycles. The van der Waals surface area contributed by atoms with E-state index in [0.717, 1.165) is 37.8 Å². The lowest BCUT2D eigenvalue weighted by Crippen LogP contribution is -2.50. The number of hydrogen-bond donors (Lipinski definition) is 0.